The van der Waals surface area contributed by atoms with Gasteiger partial charge in [0.25, 0.3) is 0 Å². The van der Waals surface area contributed by atoms with Gasteiger partial charge < -0.3 is 10.2 Å². The summed E-state index contributed by atoms with van der Waals surface area (Å²) < 4.78 is 0. The van der Waals surface area contributed by atoms with E-state index in [9.17, 15) is 15.0 Å². The Balaban J connectivity index is 1.98. The average molecular weight is 380 g/mol. The second-order valence-corrected chi connectivity index (χ2v) is 6.83. The van der Waals surface area contributed by atoms with Crippen molar-refractivity contribution in [2.24, 2.45) is 5.92 Å². The summed E-state index contributed by atoms with van der Waals surface area (Å²) in [7, 11) is 0. The minimum atomic E-state index is -0.846. The number of carboxylic acids is 1. The highest BCUT2D eigenvalue weighted by molar-refractivity contribution is 5.72. The van der Waals surface area contributed by atoms with Gasteiger partial charge in [-0.25, -0.2) is 0 Å². The van der Waals surface area contributed by atoms with Gasteiger partial charge in [-0.05, 0) is 35.1 Å². The zero-order valence-electron chi connectivity index (χ0n) is 15.7. The Morgan fingerprint density at radius 1 is 1.14 bits per heavy atom. The molecule has 0 amide bonds. The quantitative estimate of drug-likeness (QED) is 0.526. The second kappa shape index (κ2) is 9.23. The van der Waals surface area contributed by atoms with E-state index in [1.165, 1.54) is 0 Å². The molecule has 2 atom stereocenters. The number of aromatic amines is 1. The number of aromatic nitrogens is 4. The average Bonchev–Trinajstić information content (AvgIpc) is 3.25. The Labute approximate surface area is 163 Å². The van der Waals surface area contributed by atoms with Crippen LogP contribution in [-0.4, -0.2) is 36.8 Å². The fourth-order valence-corrected chi connectivity index (χ4v) is 3.55. The Morgan fingerprint density at radius 3 is 2.50 bits per heavy atom. The van der Waals surface area contributed by atoms with Gasteiger partial charge >= 0.3 is 5.97 Å². The summed E-state index contributed by atoms with van der Waals surface area (Å²) in [6.45, 7) is 1.97. The highest BCUT2D eigenvalue weighted by Gasteiger charge is 2.32. The van der Waals surface area contributed by atoms with Crippen molar-refractivity contribution in [1.29, 1.82) is 0 Å². The maximum absolute atomic E-state index is 11.9. The molecule has 1 heterocycles. The molecule has 0 saturated carbocycles. The third kappa shape index (κ3) is 4.43. The maximum Gasteiger partial charge on any atom is 0.307 e. The molecule has 146 valence electrons. The predicted molar refractivity (Wildman–Crippen MR) is 104 cm³/mol. The zero-order chi connectivity index (χ0) is 19.9. The topological polar surface area (TPSA) is 112 Å². The number of H-pyrrole nitrogens is 1. The summed E-state index contributed by atoms with van der Waals surface area (Å²) >= 11 is 0. The van der Waals surface area contributed by atoms with Gasteiger partial charge in [0.2, 0.25) is 0 Å². The van der Waals surface area contributed by atoms with E-state index in [2.05, 4.69) is 20.6 Å². The Kier molecular flexibility index (Phi) is 6.49. The van der Waals surface area contributed by atoms with Gasteiger partial charge in [0.15, 0.2) is 5.82 Å². The number of carbonyl (C=O) groups is 1. The van der Waals surface area contributed by atoms with Gasteiger partial charge in [0.05, 0.1) is 12.5 Å². The molecule has 0 saturated heterocycles. The lowest BCUT2D eigenvalue weighted by Crippen LogP contribution is -2.25. The summed E-state index contributed by atoms with van der Waals surface area (Å²) in [6, 6.07) is 15.6. The van der Waals surface area contributed by atoms with Crippen LogP contribution < -0.4 is 0 Å². The van der Waals surface area contributed by atoms with Crippen molar-refractivity contribution >= 4 is 5.97 Å². The summed E-state index contributed by atoms with van der Waals surface area (Å²) in [5, 5.41) is 33.3. The van der Waals surface area contributed by atoms with E-state index in [0.717, 1.165) is 28.7 Å². The van der Waals surface area contributed by atoms with Crippen LogP contribution in [0.4, 0.5) is 0 Å². The minimum absolute atomic E-state index is 0.000855. The molecule has 0 aliphatic rings. The number of hydrogen-bond donors (Lipinski definition) is 3. The van der Waals surface area contributed by atoms with Crippen LogP contribution in [0.15, 0.2) is 48.5 Å². The Morgan fingerprint density at radius 2 is 1.89 bits per heavy atom. The number of nitrogens with zero attached hydrogens (tertiary/aromatic N) is 3. The van der Waals surface area contributed by atoms with Crippen LogP contribution in [0, 0.1) is 5.92 Å². The predicted octanol–water partition coefficient (Wildman–Crippen LogP) is 3.19. The van der Waals surface area contributed by atoms with Crippen LogP contribution in [0.5, 0.6) is 0 Å². The second-order valence-electron chi connectivity index (χ2n) is 6.83. The highest BCUT2D eigenvalue weighted by atomic mass is 16.4. The van der Waals surface area contributed by atoms with E-state index < -0.39 is 11.9 Å². The van der Waals surface area contributed by atoms with Crippen LogP contribution in [0.2, 0.25) is 0 Å². The molecule has 3 N–H and O–H groups in total. The van der Waals surface area contributed by atoms with E-state index in [4.69, 9.17) is 0 Å². The van der Waals surface area contributed by atoms with E-state index in [1.54, 1.807) is 0 Å². The van der Waals surface area contributed by atoms with E-state index in [1.807, 2.05) is 55.5 Å². The molecule has 0 spiro atoms. The number of carboxylic acid groups (broad SMARTS) is 1. The van der Waals surface area contributed by atoms with Gasteiger partial charge in [-0.3, -0.25) is 4.79 Å². The molecule has 7 nitrogen and oxygen atoms in total. The smallest absolute Gasteiger partial charge is 0.307 e. The standard InChI is InChI=1S/C21H24N4O3/c1-2-5-18(21(27)28)19(20-22-24-25-23-20)12-16-6-3-4-7-17(16)15-10-8-14(13-26)9-11-15/h3-4,6-11,18-19,26H,2,5,12-13H2,1H3,(H,27,28)(H,22,23,24,25). The molecule has 2 unspecified atom stereocenters. The molecule has 28 heavy (non-hydrogen) atoms. The normalized spacial score (nSPS) is 13.2. The summed E-state index contributed by atoms with van der Waals surface area (Å²) in [6.07, 6.45) is 1.80. The molecular weight excluding hydrogens is 356 g/mol. The first-order valence-corrected chi connectivity index (χ1v) is 9.38. The maximum atomic E-state index is 11.9. The number of hydrogen-bond acceptors (Lipinski definition) is 5. The van der Waals surface area contributed by atoms with Crippen LogP contribution >= 0.6 is 0 Å². The van der Waals surface area contributed by atoms with Crippen molar-refractivity contribution in [3.8, 4) is 11.1 Å². The summed E-state index contributed by atoms with van der Waals surface area (Å²) in [5.41, 5.74) is 3.92. The number of aliphatic carboxylic acids is 1. The van der Waals surface area contributed by atoms with E-state index in [-0.39, 0.29) is 12.5 Å². The highest BCUT2D eigenvalue weighted by Crippen LogP contribution is 2.33. The molecule has 3 rings (SSSR count). The van der Waals surface area contributed by atoms with Crippen molar-refractivity contribution in [1.82, 2.24) is 20.6 Å². The van der Waals surface area contributed by atoms with Crippen LogP contribution in [0.1, 0.15) is 42.6 Å². The first kappa shape index (κ1) is 19.7. The van der Waals surface area contributed by atoms with Gasteiger partial charge in [-0.2, -0.15) is 5.21 Å². The number of tetrazole rings is 1. The number of rotatable bonds is 9. The largest absolute Gasteiger partial charge is 0.481 e. The molecule has 0 aliphatic heterocycles. The van der Waals surface area contributed by atoms with E-state index >= 15 is 0 Å². The molecule has 7 heteroatoms. The zero-order valence-corrected chi connectivity index (χ0v) is 15.7. The number of aliphatic hydroxyl groups is 1. The van der Waals surface area contributed by atoms with Crippen molar-refractivity contribution in [2.75, 3.05) is 0 Å². The Bertz CT molecular complexity index is 894. The summed E-state index contributed by atoms with van der Waals surface area (Å²) in [5.74, 6) is -1.39. The fraction of sp³-hybridized carbons (Fsp3) is 0.333. The minimum Gasteiger partial charge on any atom is -0.481 e. The molecule has 0 aliphatic carbocycles. The van der Waals surface area contributed by atoms with Crippen LogP contribution in [0.3, 0.4) is 0 Å². The molecule has 2 aromatic carbocycles. The molecule has 0 fully saturated rings. The monoisotopic (exact) mass is 380 g/mol. The van der Waals surface area contributed by atoms with E-state index in [0.29, 0.717) is 18.7 Å². The SMILES string of the molecule is CCCC(C(=O)O)C(Cc1ccccc1-c1ccc(CO)cc1)c1nn[nH]n1. The first-order chi connectivity index (χ1) is 13.6. The fourth-order valence-electron chi connectivity index (χ4n) is 3.55. The third-order valence-corrected chi connectivity index (χ3v) is 5.00. The van der Waals surface area contributed by atoms with Crippen LogP contribution in [-0.2, 0) is 17.8 Å². The third-order valence-electron chi connectivity index (χ3n) is 5.00. The van der Waals surface area contributed by atoms with Crippen molar-refractivity contribution < 1.29 is 15.0 Å². The lowest BCUT2D eigenvalue weighted by molar-refractivity contribution is -0.142. The number of benzene rings is 2. The molecule has 1 aromatic heterocycles. The summed E-state index contributed by atoms with van der Waals surface area (Å²) in [4.78, 5) is 11.9. The Hall–Kier alpha value is -3.06. The molecular formula is C21H24N4O3. The van der Waals surface area contributed by atoms with Crippen molar-refractivity contribution in [2.45, 2.75) is 38.7 Å². The van der Waals surface area contributed by atoms with Crippen molar-refractivity contribution in [3.05, 3.63) is 65.5 Å². The lowest BCUT2D eigenvalue weighted by Gasteiger charge is -2.22. The van der Waals surface area contributed by atoms with Gasteiger partial charge in [0.1, 0.15) is 0 Å². The van der Waals surface area contributed by atoms with Gasteiger partial charge in [0, 0.05) is 5.92 Å². The van der Waals surface area contributed by atoms with Gasteiger partial charge in [-0.1, -0.05) is 67.1 Å². The first-order valence-electron chi connectivity index (χ1n) is 9.38. The number of nitrogens with one attached hydrogen (secondary N) is 1. The number of aliphatic hydroxyl groups excluding tert-OH is 1. The molecule has 3 aromatic rings. The van der Waals surface area contributed by atoms with Gasteiger partial charge in [-0.15, -0.1) is 10.2 Å². The lowest BCUT2D eigenvalue weighted by atomic mass is 9.81. The molecule has 0 bridgehead atoms. The van der Waals surface area contributed by atoms with Crippen LogP contribution in [0.25, 0.3) is 11.1 Å². The molecule has 0 radical (unpaired) electrons. The van der Waals surface area contributed by atoms with Crippen molar-refractivity contribution in [3.63, 3.8) is 0 Å².